The standard InChI is InChI=1S/C13H10N2O2S/c14-8-3-4-10-11(6-8)17-12(13(16)15-10)7-9-2-1-5-18-9/h1-7H,14H2,(H,15,16)/b12-7+. The predicted molar refractivity (Wildman–Crippen MR) is 72.4 cm³/mol. The van der Waals surface area contributed by atoms with E-state index in [0.29, 0.717) is 17.1 Å². The van der Waals surface area contributed by atoms with Crippen LogP contribution in [0, 0.1) is 0 Å². The number of nitrogen functional groups attached to an aromatic ring is 1. The first-order valence-electron chi connectivity index (χ1n) is 5.36. The van der Waals surface area contributed by atoms with Crippen LogP contribution in [0.5, 0.6) is 5.75 Å². The number of anilines is 2. The highest BCUT2D eigenvalue weighted by Gasteiger charge is 2.22. The molecule has 1 aromatic carbocycles. The molecule has 1 aliphatic heterocycles. The number of fused-ring (bicyclic) bond motifs is 1. The molecule has 90 valence electrons. The van der Waals surface area contributed by atoms with Gasteiger partial charge in [-0.05, 0) is 23.6 Å². The highest BCUT2D eigenvalue weighted by molar-refractivity contribution is 7.10. The summed E-state index contributed by atoms with van der Waals surface area (Å²) in [6.45, 7) is 0. The van der Waals surface area contributed by atoms with Crippen molar-refractivity contribution in [3.63, 3.8) is 0 Å². The maximum absolute atomic E-state index is 11.8. The lowest BCUT2D eigenvalue weighted by molar-refractivity contribution is -0.115. The molecule has 4 nitrogen and oxygen atoms in total. The van der Waals surface area contributed by atoms with Crippen molar-refractivity contribution in [3.8, 4) is 5.75 Å². The summed E-state index contributed by atoms with van der Waals surface area (Å²) in [6, 6.07) is 8.98. The number of carbonyl (C=O) groups is 1. The fraction of sp³-hybridized carbons (Fsp3) is 0. The van der Waals surface area contributed by atoms with Gasteiger partial charge in [0.25, 0.3) is 5.91 Å². The van der Waals surface area contributed by atoms with Gasteiger partial charge in [-0.3, -0.25) is 4.79 Å². The quantitative estimate of drug-likeness (QED) is 0.610. The Morgan fingerprint density at radius 3 is 3.00 bits per heavy atom. The van der Waals surface area contributed by atoms with E-state index in [-0.39, 0.29) is 11.7 Å². The van der Waals surface area contributed by atoms with Crippen molar-refractivity contribution in [2.24, 2.45) is 0 Å². The summed E-state index contributed by atoms with van der Waals surface area (Å²) < 4.78 is 5.57. The zero-order valence-electron chi connectivity index (χ0n) is 9.34. The minimum absolute atomic E-state index is 0.249. The number of ether oxygens (including phenoxy) is 1. The van der Waals surface area contributed by atoms with Gasteiger partial charge in [0.1, 0.15) is 0 Å². The van der Waals surface area contributed by atoms with E-state index in [1.165, 1.54) is 0 Å². The summed E-state index contributed by atoms with van der Waals surface area (Å²) >= 11 is 1.54. The van der Waals surface area contributed by atoms with Crippen molar-refractivity contribution in [2.75, 3.05) is 11.1 Å². The molecule has 5 heteroatoms. The minimum atomic E-state index is -0.249. The van der Waals surface area contributed by atoms with E-state index in [0.717, 1.165) is 4.88 Å². The summed E-state index contributed by atoms with van der Waals surface area (Å²) in [7, 11) is 0. The Balaban J connectivity index is 1.98. The van der Waals surface area contributed by atoms with Crippen molar-refractivity contribution in [2.45, 2.75) is 0 Å². The van der Waals surface area contributed by atoms with Crippen molar-refractivity contribution in [1.29, 1.82) is 0 Å². The van der Waals surface area contributed by atoms with Crippen molar-refractivity contribution >= 4 is 34.7 Å². The van der Waals surface area contributed by atoms with Crippen molar-refractivity contribution in [3.05, 3.63) is 46.3 Å². The SMILES string of the molecule is Nc1ccc2c(c1)O/C(=C/c1cccs1)C(=O)N2. The number of benzene rings is 1. The lowest BCUT2D eigenvalue weighted by atomic mass is 10.2. The van der Waals surface area contributed by atoms with Gasteiger partial charge >= 0.3 is 0 Å². The van der Waals surface area contributed by atoms with Crippen LogP contribution < -0.4 is 15.8 Å². The molecule has 1 amide bonds. The minimum Gasteiger partial charge on any atom is -0.449 e. The Labute approximate surface area is 108 Å². The van der Waals surface area contributed by atoms with Crippen LogP contribution in [0.25, 0.3) is 6.08 Å². The summed E-state index contributed by atoms with van der Waals surface area (Å²) in [4.78, 5) is 12.8. The van der Waals surface area contributed by atoms with E-state index in [9.17, 15) is 4.79 Å². The number of amides is 1. The van der Waals surface area contributed by atoms with E-state index in [1.807, 2.05) is 17.5 Å². The second kappa shape index (κ2) is 4.19. The summed E-state index contributed by atoms with van der Waals surface area (Å²) in [6.07, 6.45) is 1.71. The molecule has 0 aliphatic carbocycles. The molecular weight excluding hydrogens is 248 g/mol. The Hall–Kier alpha value is -2.27. The van der Waals surface area contributed by atoms with E-state index in [1.54, 1.807) is 35.6 Å². The molecule has 3 rings (SSSR count). The van der Waals surface area contributed by atoms with Gasteiger partial charge in [-0.1, -0.05) is 6.07 Å². The Morgan fingerprint density at radius 2 is 2.22 bits per heavy atom. The van der Waals surface area contributed by atoms with Crippen LogP contribution >= 0.6 is 11.3 Å². The number of rotatable bonds is 1. The summed E-state index contributed by atoms with van der Waals surface area (Å²) in [5, 5.41) is 4.71. The zero-order valence-corrected chi connectivity index (χ0v) is 10.2. The molecule has 2 aromatic rings. The maximum atomic E-state index is 11.8. The molecule has 0 radical (unpaired) electrons. The number of carbonyl (C=O) groups excluding carboxylic acids is 1. The lowest BCUT2D eigenvalue weighted by Gasteiger charge is -2.19. The van der Waals surface area contributed by atoms with Crippen LogP contribution in [-0.4, -0.2) is 5.91 Å². The van der Waals surface area contributed by atoms with Crippen LogP contribution in [0.15, 0.2) is 41.5 Å². The smallest absolute Gasteiger partial charge is 0.291 e. The van der Waals surface area contributed by atoms with Crippen molar-refractivity contribution < 1.29 is 9.53 Å². The molecule has 2 heterocycles. The number of thiophene rings is 1. The number of nitrogens with two attached hydrogens (primary N) is 1. The molecule has 1 aliphatic rings. The van der Waals surface area contributed by atoms with E-state index in [4.69, 9.17) is 10.5 Å². The van der Waals surface area contributed by atoms with E-state index >= 15 is 0 Å². The first-order chi connectivity index (χ1) is 8.72. The molecule has 0 fully saturated rings. The highest BCUT2D eigenvalue weighted by atomic mass is 32.1. The molecule has 0 saturated carbocycles. The van der Waals surface area contributed by atoms with Crippen LogP contribution in [0.4, 0.5) is 11.4 Å². The average molecular weight is 258 g/mol. The normalized spacial score (nSPS) is 16.0. The van der Waals surface area contributed by atoms with Gasteiger partial charge in [0.05, 0.1) is 5.69 Å². The average Bonchev–Trinajstić information content (AvgIpc) is 2.83. The highest BCUT2D eigenvalue weighted by Crippen LogP contribution is 2.33. The summed E-state index contributed by atoms with van der Waals surface area (Å²) in [5.74, 6) is 0.591. The van der Waals surface area contributed by atoms with Gasteiger partial charge in [0.2, 0.25) is 0 Å². The number of hydrogen-bond donors (Lipinski definition) is 2. The molecule has 0 saturated heterocycles. The zero-order chi connectivity index (χ0) is 12.5. The third-order valence-corrected chi connectivity index (χ3v) is 3.33. The fourth-order valence-corrected chi connectivity index (χ4v) is 2.32. The van der Waals surface area contributed by atoms with E-state index < -0.39 is 0 Å². The Kier molecular flexibility index (Phi) is 2.53. The molecule has 0 spiro atoms. The second-order valence-corrected chi connectivity index (χ2v) is 4.82. The molecule has 0 bridgehead atoms. The van der Waals surface area contributed by atoms with Gasteiger partial charge in [-0.2, -0.15) is 0 Å². The second-order valence-electron chi connectivity index (χ2n) is 3.84. The van der Waals surface area contributed by atoms with E-state index in [2.05, 4.69) is 5.32 Å². The van der Waals surface area contributed by atoms with Crippen LogP contribution in [0.1, 0.15) is 4.88 Å². The van der Waals surface area contributed by atoms with Gasteiger partial charge < -0.3 is 15.8 Å². The monoisotopic (exact) mass is 258 g/mol. The van der Waals surface area contributed by atoms with Gasteiger partial charge in [0.15, 0.2) is 11.5 Å². The molecule has 0 unspecified atom stereocenters. The fourth-order valence-electron chi connectivity index (χ4n) is 1.67. The molecule has 18 heavy (non-hydrogen) atoms. The number of nitrogens with one attached hydrogen (secondary N) is 1. The molecule has 0 atom stereocenters. The van der Waals surface area contributed by atoms with Crippen molar-refractivity contribution in [1.82, 2.24) is 0 Å². The van der Waals surface area contributed by atoms with Gasteiger partial charge in [-0.15, -0.1) is 11.3 Å². The Bertz CT molecular complexity index is 632. The molecule has 1 aromatic heterocycles. The molecular formula is C13H10N2O2S. The van der Waals surface area contributed by atoms with Crippen LogP contribution in [0.2, 0.25) is 0 Å². The number of hydrogen-bond acceptors (Lipinski definition) is 4. The third-order valence-electron chi connectivity index (χ3n) is 2.51. The Morgan fingerprint density at radius 1 is 1.33 bits per heavy atom. The van der Waals surface area contributed by atoms with Gasteiger partial charge in [0, 0.05) is 22.7 Å². The van der Waals surface area contributed by atoms with Crippen LogP contribution in [-0.2, 0) is 4.79 Å². The van der Waals surface area contributed by atoms with Gasteiger partial charge in [-0.25, -0.2) is 0 Å². The largest absolute Gasteiger partial charge is 0.449 e. The van der Waals surface area contributed by atoms with Crippen LogP contribution in [0.3, 0.4) is 0 Å². The third kappa shape index (κ3) is 1.96. The first kappa shape index (κ1) is 10.9. The topological polar surface area (TPSA) is 64.3 Å². The predicted octanol–water partition coefficient (Wildman–Crippen LogP) is 2.70. The summed E-state index contributed by atoms with van der Waals surface area (Å²) in [5.41, 5.74) is 6.92. The maximum Gasteiger partial charge on any atom is 0.291 e. The molecule has 3 N–H and O–H groups in total. The first-order valence-corrected chi connectivity index (χ1v) is 6.24. The lowest BCUT2D eigenvalue weighted by Crippen LogP contribution is -2.23.